The Morgan fingerprint density at radius 2 is 2.21 bits per heavy atom. The lowest BCUT2D eigenvalue weighted by molar-refractivity contribution is 0.196. The minimum atomic E-state index is 0.513. The third-order valence-electron chi connectivity index (χ3n) is 2.39. The fourth-order valence-electron chi connectivity index (χ4n) is 1.45. The SMILES string of the molecule is COCCCNC(=S)Nc1ccc(C#N)cc1OC. The average molecular weight is 279 g/mol. The fourth-order valence-corrected chi connectivity index (χ4v) is 1.66. The van der Waals surface area contributed by atoms with Crippen molar-refractivity contribution in [2.75, 3.05) is 32.7 Å². The van der Waals surface area contributed by atoms with E-state index >= 15 is 0 Å². The Balaban J connectivity index is 2.56. The van der Waals surface area contributed by atoms with E-state index in [0.29, 0.717) is 23.0 Å². The molecule has 0 amide bonds. The van der Waals surface area contributed by atoms with Crippen LogP contribution in [0.1, 0.15) is 12.0 Å². The molecule has 1 aromatic rings. The molecule has 2 N–H and O–H groups in total. The van der Waals surface area contributed by atoms with Crippen molar-refractivity contribution in [2.45, 2.75) is 6.42 Å². The Morgan fingerprint density at radius 3 is 2.84 bits per heavy atom. The number of ether oxygens (including phenoxy) is 2. The maximum absolute atomic E-state index is 8.82. The zero-order valence-corrected chi connectivity index (χ0v) is 11.8. The number of thiocarbonyl (C=S) groups is 1. The number of hydrogen-bond acceptors (Lipinski definition) is 4. The number of nitrogens with one attached hydrogen (secondary N) is 2. The average Bonchev–Trinajstić information content (AvgIpc) is 2.44. The van der Waals surface area contributed by atoms with Crippen molar-refractivity contribution in [3.63, 3.8) is 0 Å². The molecule has 102 valence electrons. The monoisotopic (exact) mass is 279 g/mol. The summed E-state index contributed by atoms with van der Waals surface area (Å²) in [5, 5.41) is 15.4. The van der Waals surface area contributed by atoms with Crippen molar-refractivity contribution in [3.05, 3.63) is 23.8 Å². The lowest BCUT2D eigenvalue weighted by atomic mass is 10.2. The number of anilines is 1. The van der Waals surface area contributed by atoms with E-state index in [2.05, 4.69) is 16.7 Å². The molecule has 0 aliphatic heterocycles. The molecule has 0 aliphatic carbocycles. The number of hydrogen-bond donors (Lipinski definition) is 2. The largest absolute Gasteiger partial charge is 0.495 e. The molecule has 0 aliphatic rings. The van der Waals surface area contributed by atoms with E-state index in [0.717, 1.165) is 18.7 Å². The Labute approximate surface area is 118 Å². The number of methoxy groups -OCH3 is 2. The maximum atomic E-state index is 8.82. The molecule has 19 heavy (non-hydrogen) atoms. The second kappa shape index (κ2) is 8.29. The van der Waals surface area contributed by atoms with Crippen LogP contribution >= 0.6 is 12.2 Å². The van der Waals surface area contributed by atoms with Crippen LogP contribution in [-0.2, 0) is 4.74 Å². The molecular weight excluding hydrogens is 262 g/mol. The van der Waals surface area contributed by atoms with Gasteiger partial charge in [-0.2, -0.15) is 5.26 Å². The molecule has 6 heteroatoms. The van der Waals surface area contributed by atoms with Gasteiger partial charge < -0.3 is 20.1 Å². The topological polar surface area (TPSA) is 66.3 Å². The van der Waals surface area contributed by atoms with Crippen LogP contribution in [-0.4, -0.2) is 32.5 Å². The molecule has 0 atom stereocenters. The summed E-state index contributed by atoms with van der Waals surface area (Å²) in [6.45, 7) is 1.42. The Bertz CT molecular complexity index is 471. The van der Waals surface area contributed by atoms with Gasteiger partial charge in [-0.15, -0.1) is 0 Å². The summed E-state index contributed by atoms with van der Waals surface area (Å²) in [7, 11) is 3.22. The third kappa shape index (κ3) is 5.12. The first-order valence-corrected chi connectivity index (χ1v) is 6.24. The fraction of sp³-hybridized carbons (Fsp3) is 0.385. The summed E-state index contributed by atoms with van der Waals surface area (Å²) in [6.07, 6.45) is 0.878. The van der Waals surface area contributed by atoms with Crippen molar-refractivity contribution in [1.82, 2.24) is 5.32 Å². The van der Waals surface area contributed by atoms with Gasteiger partial charge in [0.05, 0.1) is 24.4 Å². The van der Waals surface area contributed by atoms with Gasteiger partial charge in [-0.3, -0.25) is 0 Å². The van der Waals surface area contributed by atoms with Crippen LogP contribution in [0, 0.1) is 11.3 Å². The highest BCUT2D eigenvalue weighted by Gasteiger charge is 2.05. The summed E-state index contributed by atoms with van der Waals surface area (Å²) in [5.41, 5.74) is 1.27. The maximum Gasteiger partial charge on any atom is 0.170 e. The van der Waals surface area contributed by atoms with Crippen molar-refractivity contribution < 1.29 is 9.47 Å². The number of nitrogens with zero attached hydrogens (tertiary/aromatic N) is 1. The van der Waals surface area contributed by atoms with Gasteiger partial charge in [0.25, 0.3) is 0 Å². The standard InChI is InChI=1S/C13H17N3O2S/c1-17-7-3-6-15-13(19)16-11-5-4-10(9-14)8-12(11)18-2/h4-5,8H,3,6-7H2,1-2H3,(H2,15,16,19). The quantitative estimate of drug-likeness (QED) is 0.612. The molecule has 0 heterocycles. The molecule has 0 fully saturated rings. The predicted molar refractivity (Wildman–Crippen MR) is 78.4 cm³/mol. The molecule has 0 saturated carbocycles. The van der Waals surface area contributed by atoms with Crippen LogP contribution in [0.3, 0.4) is 0 Å². The minimum absolute atomic E-state index is 0.513. The zero-order chi connectivity index (χ0) is 14.1. The lowest BCUT2D eigenvalue weighted by Crippen LogP contribution is -2.29. The van der Waals surface area contributed by atoms with E-state index in [9.17, 15) is 0 Å². The summed E-state index contributed by atoms with van der Waals surface area (Å²) < 4.78 is 10.2. The normalized spacial score (nSPS) is 9.53. The summed E-state index contributed by atoms with van der Waals surface area (Å²) in [5.74, 6) is 0.583. The van der Waals surface area contributed by atoms with E-state index in [1.54, 1.807) is 32.4 Å². The Morgan fingerprint density at radius 1 is 1.42 bits per heavy atom. The van der Waals surface area contributed by atoms with Gasteiger partial charge in [0, 0.05) is 26.3 Å². The predicted octanol–water partition coefficient (Wildman–Crippen LogP) is 1.89. The molecule has 0 saturated heterocycles. The molecule has 0 radical (unpaired) electrons. The molecule has 0 bridgehead atoms. The van der Waals surface area contributed by atoms with Crippen LogP contribution in [0.2, 0.25) is 0 Å². The van der Waals surface area contributed by atoms with Crippen LogP contribution in [0.15, 0.2) is 18.2 Å². The number of nitriles is 1. The van der Waals surface area contributed by atoms with Gasteiger partial charge in [-0.1, -0.05) is 0 Å². The van der Waals surface area contributed by atoms with Crippen molar-refractivity contribution in [1.29, 1.82) is 5.26 Å². The van der Waals surface area contributed by atoms with Gasteiger partial charge in [0.1, 0.15) is 5.75 Å². The number of benzene rings is 1. The van der Waals surface area contributed by atoms with E-state index in [-0.39, 0.29) is 0 Å². The third-order valence-corrected chi connectivity index (χ3v) is 2.64. The van der Waals surface area contributed by atoms with Gasteiger partial charge in [-0.25, -0.2) is 0 Å². The molecular formula is C13H17N3O2S. The van der Waals surface area contributed by atoms with E-state index in [4.69, 9.17) is 27.0 Å². The first kappa shape index (κ1) is 15.2. The van der Waals surface area contributed by atoms with Gasteiger partial charge in [0.15, 0.2) is 5.11 Å². The Hall–Kier alpha value is -1.84. The van der Waals surface area contributed by atoms with Crippen molar-refractivity contribution >= 4 is 23.0 Å². The first-order chi connectivity index (χ1) is 9.21. The van der Waals surface area contributed by atoms with Crippen molar-refractivity contribution in [2.24, 2.45) is 0 Å². The van der Waals surface area contributed by atoms with Crippen LogP contribution in [0.25, 0.3) is 0 Å². The van der Waals surface area contributed by atoms with Crippen LogP contribution in [0.4, 0.5) is 5.69 Å². The van der Waals surface area contributed by atoms with Gasteiger partial charge in [-0.05, 0) is 30.8 Å². The highest BCUT2D eigenvalue weighted by Crippen LogP contribution is 2.25. The minimum Gasteiger partial charge on any atom is -0.495 e. The summed E-state index contributed by atoms with van der Waals surface area (Å²) in [4.78, 5) is 0. The second-order valence-electron chi connectivity index (χ2n) is 3.75. The van der Waals surface area contributed by atoms with Gasteiger partial charge >= 0.3 is 0 Å². The molecule has 0 aromatic heterocycles. The number of rotatable bonds is 6. The first-order valence-electron chi connectivity index (χ1n) is 5.83. The second-order valence-corrected chi connectivity index (χ2v) is 4.16. The molecule has 1 rings (SSSR count). The van der Waals surface area contributed by atoms with E-state index in [1.807, 2.05) is 0 Å². The lowest BCUT2D eigenvalue weighted by Gasteiger charge is -2.13. The van der Waals surface area contributed by atoms with Crippen LogP contribution < -0.4 is 15.4 Å². The molecule has 5 nitrogen and oxygen atoms in total. The van der Waals surface area contributed by atoms with E-state index < -0.39 is 0 Å². The molecule has 0 unspecified atom stereocenters. The zero-order valence-electron chi connectivity index (χ0n) is 11.0. The Kier molecular flexibility index (Phi) is 6.64. The molecule has 1 aromatic carbocycles. The molecule has 0 spiro atoms. The highest BCUT2D eigenvalue weighted by molar-refractivity contribution is 7.80. The highest BCUT2D eigenvalue weighted by atomic mass is 32.1. The van der Waals surface area contributed by atoms with Crippen molar-refractivity contribution in [3.8, 4) is 11.8 Å². The van der Waals surface area contributed by atoms with E-state index in [1.165, 1.54) is 0 Å². The summed E-state index contributed by atoms with van der Waals surface area (Å²) >= 11 is 5.17. The smallest absolute Gasteiger partial charge is 0.170 e. The van der Waals surface area contributed by atoms with Crippen LogP contribution in [0.5, 0.6) is 5.75 Å². The summed E-state index contributed by atoms with van der Waals surface area (Å²) in [6, 6.07) is 7.19. The van der Waals surface area contributed by atoms with Gasteiger partial charge in [0.2, 0.25) is 0 Å².